The summed E-state index contributed by atoms with van der Waals surface area (Å²) >= 11 is 0. The number of para-hydroxylation sites is 1. The zero-order chi connectivity index (χ0) is 17.8. The zero-order valence-electron chi connectivity index (χ0n) is 15.0. The number of oxazole rings is 1. The Morgan fingerprint density at radius 3 is 2.38 bits per heavy atom. The maximum absolute atomic E-state index is 5.67. The molecule has 134 valence electrons. The number of aromatic nitrogens is 1. The molecular weight excluding hydrogens is 326 g/mol. The number of ether oxygens (including phenoxy) is 1. The molecule has 0 saturated carbocycles. The minimum absolute atomic E-state index is 0.658. The second-order valence-corrected chi connectivity index (χ2v) is 6.47. The number of rotatable bonds is 5. The molecule has 0 atom stereocenters. The van der Waals surface area contributed by atoms with E-state index in [2.05, 4.69) is 45.1 Å². The summed E-state index contributed by atoms with van der Waals surface area (Å²) in [5.41, 5.74) is 3.24. The van der Waals surface area contributed by atoms with Gasteiger partial charge in [-0.3, -0.25) is 4.90 Å². The maximum atomic E-state index is 5.67. The van der Waals surface area contributed by atoms with Gasteiger partial charge in [-0.15, -0.1) is 0 Å². The molecule has 1 saturated heterocycles. The van der Waals surface area contributed by atoms with Crippen molar-refractivity contribution >= 4 is 5.69 Å². The lowest BCUT2D eigenvalue weighted by atomic mass is 10.2. The average molecular weight is 349 g/mol. The zero-order valence-corrected chi connectivity index (χ0v) is 15.0. The number of nitrogens with zero attached hydrogens (tertiary/aromatic N) is 3. The first-order chi connectivity index (χ1) is 12.8. The standard InChI is InChI=1S/C21H23N3O2/c1-25-20-9-7-17(8-10-20)21-22-18(16-26-21)15-23-11-13-24(14-12-23)19-5-3-2-4-6-19/h2-10,16H,11-15H2,1H3. The van der Waals surface area contributed by atoms with E-state index in [-0.39, 0.29) is 0 Å². The predicted octanol–water partition coefficient (Wildman–Crippen LogP) is 3.67. The average Bonchev–Trinajstić information content (AvgIpc) is 3.18. The summed E-state index contributed by atoms with van der Waals surface area (Å²) in [6.45, 7) is 4.95. The molecule has 1 aromatic heterocycles. The fourth-order valence-corrected chi connectivity index (χ4v) is 3.28. The van der Waals surface area contributed by atoms with Gasteiger partial charge in [0.25, 0.3) is 0 Å². The molecule has 1 aliphatic rings. The van der Waals surface area contributed by atoms with E-state index in [0.717, 1.165) is 49.7 Å². The Morgan fingerprint density at radius 1 is 0.962 bits per heavy atom. The van der Waals surface area contributed by atoms with E-state index in [4.69, 9.17) is 9.15 Å². The predicted molar refractivity (Wildman–Crippen MR) is 102 cm³/mol. The Bertz CT molecular complexity index is 822. The van der Waals surface area contributed by atoms with E-state index in [1.54, 1.807) is 13.4 Å². The third kappa shape index (κ3) is 3.73. The highest BCUT2D eigenvalue weighted by Gasteiger charge is 2.18. The molecule has 0 N–H and O–H groups in total. The van der Waals surface area contributed by atoms with Crippen LogP contribution >= 0.6 is 0 Å². The van der Waals surface area contributed by atoms with Crippen molar-refractivity contribution in [3.8, 4) is 17.2 Å². The minimum Gasteiger partial charge on any atom is -0.497 e. The van der Waals surface area contributed by atoms with Crippen molar-refractivity contribution < 1.29 is 9.15 Å². The van der Waals surface area contributed by atoms with Gasteiger partial charge in [0.2, 0.25) is 5.89 Å². The normalized spacial score (nSPS) is 15.2. The third-order valence-corrected chi connectivity index (χ3v) is 4.77. The molecule has 0 unspecified atom stereocenters. The summed E-state index contributed by atoms with van der Waals surface area (Å²) in [4.78, 5) is 9.50. The van der Waals surface area contributed by atoms with Crippen molar-refractivity contribution in [2.24, 2.45) is 0 Å². The molecule has 2 aromatic carbocycles. The highest BCUT2D eigenvalue weighted by atomic mass is 16.5. The quantitative estimate of drug-likeness (QED) is 0.703. The van der Waals surface area contributed by atoms with Gasteiger partial charge in [0.15, 0.2) is 0 Å². The summed E-state index contributed by atoms with van der Waals surface area (Å²) in [5.74, 6) is 1.49. The minimum atomic E-state index is 0.658. The van der Waals surface area contributed by atoms with Crippen molar-refractivity contribution in [3.63, 3.8) is 0 Å². The molecule has 1 aliphatic heterocycles. The highest BCUT2D eigenvalue weighted by molar-refractivity contribution is 5.54. The molecule has 1 fully saturated rings. The SMILES string of the molecule is COc1ccc(-c2nc(CN3CCN(c4ccccc4)CC3)co2)cc1. The van der Waals surface area contributed by atoms with Gasteiger partial charge in [-0.1, -0.05) is 18.2 Å². The summed E-state index contributed by atoms with van der Waals surface area (Å²) in [6.07, 6.45) is 1.77. The van der Waals surface area contributed by atoms with Gasteiger partial charge in [-0.05, 0) is 36.4 Å². The molecule has 0 spiro atoms. The fraction of sp³-hybridized carbons (Fsp3) is 0.286. The Morgan fingerprint density at radius 2 is 1.69 bits per heavy atom. The van der Waals surface area contributed by atoms with E-state index < -0.39 is 0 Å². The number of hydrogen-bond donors (Lipinski definition) is 0. The van der Waals surface area contributed by atoms with Gasteiger partial charge in [-0.2, -0.15) is 0 Å². The number of benzene rings is 2. The summed E-state index contributed by atoms with van der Waals surface area (Å²) in [6, 6.07) is 18.4. The summed E-state index contributed by atoms with van der Waals surface area (Å²) in [7, 11) is 1.66. The lowest BCUT2D eigenvalue weighted by Gasteiger charge is -2.35. The van der Waals surface area contributed by atoms with Crippen molar-refractivity contribution in [3.05, 3.63) is 66.6 Å². The molecule has 0 bridgehead atoms. The molecule has 26 heavy (non-hydrogen) atoms. The van der Waals surface area contributed by atoms with Crippen LogP contribution in [-0.4, -0.2) is 43.2 Å². The first kappa shape index (κ1) is 16.7. The van der Waals surface area contributed by atoms with Crippen molar-refractivity contribution in [1.82, 2.24) is 9.88 Å². The molecule has 5 nitrogen and oxygen atoms in total. The lowest BCUT2D eigenvalue weighted by molar-refractivity contribution is 0.247. The second-order valence-electron chi connectivity index (χ2n) is 6.47. The smallest absolute Gasteiger partial charge is 0.226 e. The number of methoxy groups -OCH3 is 1. The maximum Gasteiger partial charge on any atom is 0.226 e. The fourth-order valence-electron chi connectivity index (χ4n) is 3.28. The van der Waals surface area contributed by atoms with Crippen LogP contribution in [0.15, 0.2) is 65.3 Å². The van der Waals surface area contributed by atoms with E-state index >= 15 is 0 Å². The Hall–Kier alpha value is -2.79. The molecule has 4 rings (SSSR count). The van der Waals surface area contributed by atoms with Crippen LogP contribution in [0.25, 0.3) is 11.5 Å². The Labute approximate surface area is 153 Å². The van der Waals surface area contributed by atoms with E-state index in [1.807, 2.05) is 24.3 Å². The third-order valence-electron chi connectivity index (χ3n) is 4.77. The summed E-state index contributed by atoms with van der Waals surface area (Å²) < 4.78 is 10.9. The van der Waals surface area contributed by atoms with Crippen molar-refractivity contribution in [1.29, 1.82) is 0 Å². The van der Waals surface area contributed by atoms with Gasteiger partial charge in [-0.25, -0.2) is 4.98 Å². The molecule has 0 aliphatic carbocycles. The van der Waals surface area contributed by atoms with Crippen LogP contribution in [0.5, 0.6) is 5.75 Å². The van der Waals surface area contributed by atoms with E-state index in [1.165, 1.54) is 5.69 Å². The molecule has 3 aromatic rings. The molecule has 5 heteroatoms. The van der Waals surface area contributed by atoms with Crippen LogP contribution in [0.3, 0.4) is 0 Å². The van der Waals surface area contributed by atoms with E-state index in [0.29, 0.717) is 5.89 Å². The lowest BCUT2D eigenvalue weighted by Crippen LogP contribution is -2.46. The Balaban J connectivity index is 1.35. The summed E-state index contributed by atoms with van der Waals surface area (Å²) in [5, 5.41) is 0. The monoisotopic (exact) mass is 349 g/mol. The molecule has 0 radical (unpaired) electrons. The van der Waals surface area contributed by atoms with Crippen LogP contribution in [-0.2, 0) is 6.54 Å². The first-order valence-electron chi connectivity index (χ1n) is 8.93. The van der Waals surface area contributed by atoms with E-state index in [9.17, 15) is 0 Å². The van der Waals surface area contributed by atoms with Crippen molar-refractivity contribution in [2.45, 2.75) is 6.54 Å². The molecule has 2 heterocycles. The Kier molecular flexibility index (Phi) is 4.88. The van der Waals surface area contributed by atoms with Crippen molar-refractivity contribution in [2.75, 3.05) is 38.2 Å². The number of hydrogen-bond acceptors (Lipinski definition) is 5. The van der Waals surface area contributed by atoms with Gasteiger partial charge in [0.05, 0.1) is 12.8 Å². The molecular formula is C21H23N3O2. The van der Waals surface area contributed by atoms with Gasteiger partial charge in [0.1, 0.15) is 12.0 Å². The van der Waals surface area contributed by atoms with Gasteiger partial charge < -0.3 is 14.1 Å². The number of anilines is 1. The van der Waals surface area contributed by atoms with Crippen LogP contribution in [0.2, 0.25) is 0 Å². The van der Waals surface area contributed by atoms with Gasteiger partial charge >= 0.3 is 0 Å². The largest absolute Gasteiger partial charge is 0.497 e. The topological polar surface area (TPSA) is 41.7 Å². The second kappa shape index (κ2) is 7.62. The van der Waals surface area contributed by atoms with Crippen LogP contribution in [0.4, 0.5) is 5.69 Å². The van der Waals surface area contributed by atoms with Gasteiger partial charge in [0, 0.05) is 44.0 Å². The first-order valence-corrected chi connectivity index (χ1v) is 8.93. The molecule has 0 amide bonds. The van der Waals surface area contributed by atoms with Crippen LogP contribution < -0.4 is 9.64 Å². The van der Waals surface area contributed by atoms with Crippen LogP contribution in [0.1, 0.15) is 5.69 Å². The van der Waals surface area contributed by atoms with Crippen LogP contribution in [0, 0.1) is 0 Å². The number of piperazine rings is 1. The highest BCUT2D eigenvalue weighted by Crippen LogP contribution is 2.23.